The van der Waals surface area contributed by atoms with E-state index in [1.54, 1.807) is 12.1 Å². The molecule has 0 bridgehead atoms. The van der Waals surface area contributed by atoms with Crippen molar-refractivity contribution >= 4 is 35.2 Å². The van der Waals surface area contributed by atoms with Gasteiger partial charge in [0.25, 0.3) is 5.69 Å². The van der Waals surface area contributed by atoms with E-state index in [1.807, 2.05) is 0 Å². The van der Waals surface area contributed by atoms with Crippen molar-refractivity contribution in [1.82, 2.24) is 10.2 Å². The quantitative estimate of drug-likeness (QED) is 0.367. The molecule has 0 aromatic heterocycles. The number of amides is 3. The van der Waals surface area contributed by atoms with E-state index in [-0.39, 0.29) is 30.4 Å². The van der Waals surface area contributed by atoms with Gasteiger partial charge in [-0.25, -0.2) is 0 Å². The van der Waals surface area contributed by atoms with Gasteiger partial charge in [-0.05, 0) is 12.1 Å². The molecule has 0 spiro atoms. The number of carbonyl (C=O) groups excluding carboxylic acids is 3. The van der Waals surface area contributed by atoms with Crippen LogP contribution in [0.4, 0.5) is 5.69 Å². The summed E-state index contributed by atoms with van der Waals surface area (Å²) in [6.45, 7) is -0.267. The summed E-state index contributed by atoms with van der Waals surface area (Å²) in [6, 6.07) is 5.80. The lowest BCUT2D eigenvalue weighted by Gasteiger charge is -2.25. The van der Waals surface area contributed by atoms with E-state index in [0.717, 1.165) is 0 Å². The summed E-state index contributed by atoms with van der Waals surface area (Å²) >= 11 is 1.19. The number of nitro benzene ring substituents is 1. The van der Waals surface area contributed by atoms with E-state index in [1.165, 1.54) is 28.8 Å². The van der Waals surface area contributed by atoms with Crippen molar-refractivity contribution in [2.24, 2.45) is 0 Å². The monoisotopic (exact) mass is 309 g/mol. The Hall–Kier alpha value is -2.42. The van der Waals surface area contributed by atoms with Crippen LogP contribution in [0.5, 0.6) is 0 Å². The number of hydrogen-bond donors (Lipinski definition) is 1. The van der Waals surface area contributed by atoms with Crippen molar-refractivity contribution in [3.8, 4) is 0 Å². The molecule has 0 saturated carbocycles. The third-order valence-electron chi connectivity index (χ3n) is 2.71. The zero-order valence-electron chi connectivity index (χ0n) is 10.8. The Morgan fingerprint density at radius 2 is 1.81 bits per heavy atom. The van der Waals surface area contributed by atoms with Crippen molar-refractivity contribution in [2.45, 2.75) is 4.90 Å². The van der Waals surface area contributed by atoms with Crippen LogP contribution in [0.15, 0.2) is 29.2 Å². The van der Waals surface area contributed by atoms with Gasteiger partial charge in [-0.2, -0.15) is 0 Å². The second-order valence-corrected chi connectivity index (χ2v) is 5.31. The van der Waals surface area contributed by atoms with E-state index in [2.05, 4.69) is 5.32 Å². The van der Waals surface area contributed by atoms with Crippen LogP contribution >= 0.6 is 11.8 Å². The smallest absolute Gasteiger partial charge is 0.269 e. The maximum atomic E-state index is 11.9. The Bertz CT molecular complexity index is 585. The van der Waals surface area contributed by atoms with E-state index in [9.17, 15) is 24.5 Å². The lowest BCUT2D eigenvalue weighted by Crippen LogP contribution is -2.53. The van der Waals surface area contributed by atoms with Gasteiger partial charge in [0.2, 0.25) is 17.7 Å². The molecular formula is C12H11N3O5S. The van der Waals surface area contributed by atoms with Crippen LogP contribution in [0.25, 0.3) is 0 Å². The van der Waals surface area contributed by atoms with Crippen LogP contribution in [0.1, 0.15) is 0 Å². The number of nitrogens with zero attached hydrogens (tertiary/aromatic N) is 2. The molecule has 1 aromatic carbocycles. The summed E-state index contributed by atoms with van der Waals surface area (Å²) in [7, 11) is 0. The molecule has 9 heteroatoms. The first kappa shape index (κ1) is 15.0. The summed E-state index contributed by atoms with van der Waals surface area (Å²) in [6.07, 6.45) is 0. The molecule has 0 radical (unpaired) electrons. The van der Waals surface area contributed by atoms with E-state index >= 15 is 0 Å². The van der Waals surface area contributed by atoms with Gasteiger partial charge in [0.15, 0.2) is 0 Å². The highest BCUT2D eigenvalue weighted by Crippen LogP contribution is 2.21. The number of thioether (sulfide) groups is 1. The molecule has 1 aromatic rings. The molecule has 1 aliphatic rings. The molecule has 110 valence electrons. The van der Waals surface area contributed by atoms with Crippen molar-refractivity contribution in [3.63, 3.8) is 0 Å². The third kappa shape index (κ3) is 4.02. The zero-order valence-corrected chi connectivity index (χ0v) is 11.6. The number of benzene rings is 1. The number of non-ortho nitro benzene ring substituents is 1. The molecule has 21 heavy (non-hydrogen) atoms. The summed E-state index contributed by atoms with van der Waals surface area (Å²) in [5, 5.41) is 12.6. The number of hydrogen-bond acceptors (Lipinski definition) is 6. The molecule has 1 saturated heterocycles. The Balaban J connectivity index is 1.90. The summed E-state index contributed by atoms with van der Waals surface area (Å²) in [5.41, 5.74) is -0.0241. The number of carbonyl (C=O) groups is 3. The minimum atomic E-state index is -0.502. The summed E-state index contributed by atoms with van der Waals surface area (Å²) in [5.74, 6) is -1.28. The first-order valence-electron chi connectivity index (χ1n) is 5.93. The zero-order chi connectivity index (χ0) is 15.4. The fourth-order valence-corrected chi connectivity index (χ4v) is 2.52. The van der Waals surface area contributed by atoms with Crippen molar-refractivity contribution in [3.05, 3.63) is 34.4 Å². The standard InChI is InChI=1S/C12H11N3O5S/c16-10-5-14(6-11(17)13-10)12(18)7-21-9-3-1-8(2-4-9)15(19)20/h1-4H,5-7H2,(H,13,16,17). The average molecular weight is 309 g/mol. The number of piperazine rings is 1. The molecule has 0 atom stereocenters. The number of rotatable bonds is 4. The number of nitro groups is 1. The molecule has 1 heterocycles. The van der Waals surface area contributed by atoms with Gasteiger partial charge in [-0.1, -0.05) is 0 Å². The lowest BCUT2D eigenvalue weighted by molar-refractivity contribution is -0.384. The maximum absolute atomic E-state index is 11.9. The molecule has 1 aliphatic heterocycles. The van der Waals surface area contributed by atoms with Crippen LogP contribution in [0.2, 0.25) is 0 Å². The number of imide groups is 1. The average Bonchev–Trinajstić information content (AvgIpc) is 2.44. The first-order chi connectivity index (χ1) is 9.95. The normalized spacial score (nSPS) is 14.8. The second kappa shape index (κ2) is 6.35. The summed E-state index contributed by atoms with van der Waals surface area (Å²) in [4.78, 5) is 46.1. The fourth-order valence-electron chi connectivity index (χ4n) is 1.71. The molecule has 2 rings (SSSR count). The van der Waals surface area contributed by atoms with Gasteiger partial charge in [-0.3, -0.25) is 29.8 Å². The summed E-state index contributed by atoms with van der Waals surface area (Å²) < 4.78 is 0. The maximum Gasteiger partial charge on any atom is 0.269 e. The van der Waals surface area contributed by atoms with Crippen LogP contribution in [0, 0.1) is 10.1 Å². The van der Waals surface area contributed by atoms with Gasteiger partial charge in [0.05, 0.1) is 10.7 Å². The van der Waals surface area contributed by atoms with Gasteiger partial charge in [0, 0.05) is 17.0 Å². The second-order valence-electron chi connectivity index (χ2n) is 4.26. The van der Waals surface area contributed by atoms with Crippen LogP contribution in [0.3, 0.4) is 0 Å². The highest BCUT2D eigenvalue weighted by molar-refractivity contribution is 8.00. The molecule has 8 nitrogen and oxygen atoms in total. The van der Waals surface area contributed by atoms with Gasteiger partial charge >= 0.3 is 0 Å². The van der Waals surface area contributed by atoms with Gasteiger partial charge in [-0.15, -0.1) is 11.8 Å². The number of nitrogens with one attached hydrogen (secondary N) is 1. The predicted molar refractivity (Wildman–Crippen MR) is 73.6 cm³/mol. The molecule has 0 aliphatic carbocycles. The van der Waals surface area contributed by atoms with Crippen molar-refractivity contribution in [2.75, 3.05) is 18.8 Å². The minimum absolute atomic E-state index is 0.0241. The molecule has 1 N–H and O–H groups in total. The Morgan fingerprint density at radius 3 is 2.33 bits per heavy atom. The minimum Gasteiger partial charge on any atom is -0.323 e. The Morgan fingerprint density at radius 1 is 1.24 bits per heavy atom. The highest BCUT2D eigenvalue weighted by atomic mass is 32.2. The Labute approximate surface area is 123 Å². The van der Waals surface area contributed by atoms with E-state index in [0.29, 0.717) is 4.90 Å². The highest BCUT2D eigenvalue weighted by Gasteiger charge is 2.26. The fraction of sp³-hybridized carbons (Fsp3) is 0.250. The van der Waals surface area contributed by atoms with Gasteiger partial charge in [0.1, 0.15) is 13.1 Å². The molecule has 3 amide bonds. The molecule has 0 unspecified atom stereocenters. The van der Waals surface area contributed by atoms with Crippen molar-refractivity contribution in [1.29, 1.82) is 0 Å². The van der Waals surface area contributed by atoms with Gasteiger partial charge < -0.3 is 4.90 Å². The van der Waals surface area contributed by atoms with E-state index < -0.39 is 16.7 Å². The molecular weight excluding hydrogens is 298 g/mol. The first-order valence-corrected chi connectivity index (χ1v) is 6.92. The lowest BCUT2D eigenvalue weighted by atomic mass is 10.3. The van der Waals surface area contributed by atoms with E-state index in [4.69, 9.17) is 0 Å². The third-order valence-corrected chi connectivity index (χ3v) is 3.71. The van der Waals surface area contributed by atoms with Crippen LogP contribution in [-0.4, -0.2) is 46.4 Å². The van der Waals surface area contributed by atoms with Crippen LogP contribution < -0.4 is 5.32 Å². The predicted octanol–water partition coefficient (Wildman–Crippen LogP) is 0.172. The van der Waals surface area contributed by atoms with Crippen molar-refractivity contribution < 1.29 is 19.3 Å². The SMILES string of the molecule is O=C1CN(C(=O)CSc2ccc([N+](=O)[O-])cc2)CC(=O)N1. The topological polar surface area (TPSA) is 110 Å². The largest absolute Gasteiger partial charge is 0.323 e. The molecule has 1 fully saturated rings. The van der Waals surface area contributed by atoms with Crippen LogP contribution in [-0.2, 0) is 14.4 Å². The Kier molecular flexibility index (Phi) is 4.53.